The van der Waals surface area contributed by atoms with E-state index < -0.39 is 11.7 Å². The number of carbonyl (C=O) groups is 1. The summed E-state index contributed by atoms with van der Waals surface area (Å²) in [5, 5.41) is 7.48. The number of nitrogens with one attached hydrogen (secondary N) is 1. The molecule has 26 heavy (non-hydrogen) atoms. The zero-order chi connectivity index (χ0) is 18.7. The monoisotopic (exact) mass is 393 g/mol. The van der Waals surface area contributed by atoms with Crippen molar-refractivity contribution in [3.63, 3.8) is 0 Å². The van der Waals surface area contributed by atoms with Crippen molar-refractivity contribution in [3.8, 4) is 11.4 Å². The van der Waals surface area contributed by atoms with E-state index in [1.165, 1.54) is 10.7 Å². The Morgan fingerprint density at radius 2 is 1.88 bits per heavy atom. The van der Waals surface area contributed by atoms with Crippen molar-refractivity contribution in [2.45, 2.75) is 6.92 Å². The second-order valence-corrected chi connectivity index (χ2v) is 6.24. The molecule has 0 spiro atoms. The molecule has 8 heteroatoms. The normalized spacial score (nSPS) is 10.6. The van der Waals surface area contributed by atoms with Crippen LogP contribution >= 0.6 is 23.2 Å². The number of carbonyl (C=O) groups excluding carboxylic acids is 1. The molecule has 0 unspecified atom stereocenters. The lowest BCUT2D eigenvalue weighted by Gasteiger charge is -2.11. The molecule has 1 heterocycles. The van der Waals surface area contributed by atoms with E-state index in [4.69, 9.17) is 27.9 Å². The van der Waals surface area contributed by atoms with Crippen LogP contribution in [0.4, 0.5) is 10.2 Å². The molecule has 134 valence electrons. The number of hydrogen-bond acceptors (Lipinski definition) is 3. The highest BCUT2D eigenvalue weighted by molar-refractivity contribution is 6.37. The molecule has 3 rings (SSSR count). The summed E-state index contributed by atoms with van der Waals surface area (Å²) in [6.07, 6.45) is 0. The summed E-state index contributed by atoms with van der Waals surface area (Å²) in [5.74, 6) is -0.361. The van der Waals surface area contributed by atoms with Crippen molar-refractivity contribution < 1.29 is 13.9 Å². The van der Waals surface area contributed by atoms with E-state index in [0.717, 1.165) is 0 Å². The van der Waals surface area contributed by atoms with E-state index in [0.29, 0.717) is 21.6 Å². The fourth-order valence-electron chi connectivity index (χ4n) is 2.33. The lowest BCUT2D eigenvalue weighted by molar-refractivity contribution is -0.118. The van der Waals surface area contributed by atoms with Gasteiger partial charge in [0.05, 0.1) is 15.7 Å². The van der Waals surface area contributed by atoms with Crippen molar-refractivity contribution >= 4 is 34.9 Å². The number of rotatable bonds is 5. The molecule has 0 aliphatic rings. The van der Waals surface area contributed by atoms with Crippen LogP contribution in [0.2, 0.25) is 10.0 Å². The highest BCUT2D eigenvalue weighted by Gasteiger charge is 2.15. The van der Waals surface area contributed by atoms with Gasteiger partial charge in [-0.05, 0) is 31.2 Å². The van der Waals surface area contributed by atoms with E-state index in [1.807, 2.05) is 0 Å². The third-order valence-corrected chi connectivity index (χ3v) is 4.04. The Bertz CT molecular complexity index is 939. The van der Waals surface area contributed by atoms with Gasteiger partial charge in [-0.3, -0.25) is 4.79 Å². The molecule has 0 saturated carbocycles. The minimum Gasteiger partial charge on any atom is -0.481 e. The highest BCUT2D eigenvalue weighted by Crippen LogP contribution is 2.32. The van der Waals surface area contributed by atoms with Gasteiger partial charge in [-0.15, -0.1) is 0 Å². The maximum absolute atomic E-state index is 14.0. The minimum absolute atomic E-state index is 0.227. The number of ether oxygens (including phenoxy) is 1. The molecule has 1 amide bonds. The third kappa shape index (κ3) is 3.98. The fourth-order valence-corrected chi connectivity index (χ4v) is 2.84. The second kappa shape index (κ2) is 7.76. The Morgan fingerprint density at radius 1 is 1.19 bits per heavy atom. The maximum atomic E-state index is 14.0. The first-order valence-corrected chi connectivity index (χ1v) is 8.39. The van der Waals surface area contributed by atoms with Crippen LogP contribution in [0.25, 0.3) is 5.69 Å². The minimum atomic E-state index is -0.460. The van der Waals surface area contributed by atoms with Gasteiger partial charge in [-0.25, -0.2) is 9.07 Å². The van der Waals surface area contributed by atoms with Crippen LogP contribution in [0.15, 0.2) is 48.5 Å². The van der Waals surface area contributed by atoms with Crippen LogP contribution in [0.5, 0.6) is 5.75 Å². The van der Waals surface area contributed by atoms with E-state index in [2.05, 4.69) is 10.4 Å². The first-order valence-electron chi connectivity index (χ1n) is 7.64. The number of anilines is 1. The van der Waals surface area contributed by atoms with Crippen molar-refractivity contribution in [1.82, 2.24) is 9.78 Å². The van der Waals surface area contributed by atoms with E-state index in [1.54, 1.807) is 49.4 Å². The Morgan fingerprint density at radius 3 is 2.58 bits per heavy atom. The number of aromatic nitrogens is 2. The molecule has 2 aromatic carbocycles. The van der Waals surface area contributed by atoms with Crippen LogP contribution in [-0.2, 0) is 4.79 Å². The summed E-state index contributed by atoms with van der Waals surface area (Å²) in [7, 11) is 0. The van der Waals surface area contributed by atoms with Gasteiger partial charge in [0.2, 0.25) is 0 Å². The van der Waals surface area contributed by atoms with Crippen molar-refractivity contribution in [1.29, 1.82) is 0 Å². The van der Waals surface area contributed by atoms with Gasteiger partial charge in [0.1, 0.15) is 17.3 Å². The number of hydrogen-bond donors (Lipinski definition) is 1. The number of para-hydroxylation sites is 2. The second-order valence-electron chi connectivity index (χ2n) is 5.42. The molecule has 0 radical (unpaired) electrons. The van der Waals surface area contributed by atoms with Gasteiger partial charge < -0.3 is 10.1 Å². The van der Waals surface area contributed by atoms with Gasteiger partial charge in [-0.2, -0.15) is 5.10 Å². The lowest BCUT2D eigenvalue weighted by Crippen LogP contribution is -2.22. The van der Waals surface area contributed by atoms with Crippen LogP contribution in [-0.4, -0.2) is 22.3 Å². The predicted octanol–water partition coefficient (Wildman–Crippen LogP) is 4.64. The van der Waals surface area contributed by atoms with Crippen molar-refractivity contribution in [2.75, 3.05) is 11.9 Å². The molecule has 0 fully saturated rings. The molecule has 0 saturated heterocycles. The molecule has 0 bridgehead atoms. The quantitative estimate of drug-likeness (QED) is 0.686. The smallest absolute Gasteiger partial charge is 0.263 e. The van der Waals surface area contributed by atoms with Gasteiger partial charge in [0.15, 0.2) is 12.4 Å². The maximum Gasteiger partial charge on any atom is 0.263 e. The molecule has 3 aromatic rings. The first kappa shape index (κ1) is 18.2. The topological polar surface area (TPSA) is 56.1 Å². The first-order chi connectivity index (χ1) is 12.5. The molecule has 0 aliphatic carbocycles. The molecule has 1 aromatic heterocycles. The standard InChI is InChI=1S/C18H14Cl2FN3O2/c1-11-9-16(24(23-11)15-8-3-2-7-14(15)21)22-17(25)10-26-18-12(19)5-4-6-13(18)20/h2-9H,10H2,1H3,(H,22,25). The highest BCUT2D eigenvalue weighted by atomic mass is 35.5. The summed E-state index contributed by atoms with van der Waals surface area (Å²) in [4.78, 5) is 12.2. The number of benzene rings is 2. The average molecular weight is 394 g/mol. The summed E-state index contributed by atoms with van der Waals surface area (Å²) in [6, 6.07) is 12.7. The number of amides is 1. The predicted molar refractivity (Wildman–Crippen MR) is 98.8 cm³/mol. The van der Waals surface area contributed by atoms with Gasteiger partial charge in [-0.1, -0.05) is 41.4 Å². The molecule has 0 aliphatic heterocycles. The largest absolute Gasteiger partial charge is 0.481 e. The Hall–Kier alpha value is -2.57. The van der Waals surface area contributed by atoms with Gasteiger partial charge >= 0.3 is 0 Å². The van der Waals surface area contributed by atoms with Crippen LogP contribution < -0.4 is 10.1 Å². The number of nitrogens with zero attached hydrogens (tertiary/aromatic N) is 2. The summed E-state index contributed by atoms with van der Waals surface area (Å²) < 4.78 is 20.8. The SMILES string of the molecule is Cc1cc(NC(=O)COc2c(Cl)cccc2Cl)n(-c2ccccc2F)n1. The third-order valence-electron chi connectivity index (χ3n) is 3.45. The van der Waals surface area contributed by atoms with E-state index in [-0.39, 0.29) is 18.0 Å². The zero-order valence-corrected chi connectivity index (χ0v) is 15.2. The van der Waals surface area contributed by atoms with Gasteiger partial charge in [0.25, 0.3) is 5.91 Å². The zero-order valence-electron chi connectivity index (χ0n) is 13.7. The fraction of sp³-hybridized carbons (Fsp3) is 0.111. The van der Waals surface area contributed by atoms with Crippen molar-refractivity contribution in [2.24, 2.45) is 0 Å². The summed E-state index contributed by atoms with van der Waals surface area (Å²) >= 11 is 12.0. The average Bonchev–Trinajstić information content (AvgIpc) is 2.95. The molecular weight excluding hydrogens is 380 g/mol. The molecular formula is C18H14Cl2FN3O2. The van der Waals surface area contributed by atoms with Crippen LogP contribution in [0.1, 0.15) is 5.69 Å². The van der Waals surface area contributed by atoms with Crippen LogP contribution in [0.3, 0.4) is 0 Å². The Balaban J connectivity index is 1.75. The molecule has 5 nitrogen and oxygen atoms in total. The summed E-state index contributed by atoms with van der Waals surface area (Å²) in [5.41, 5.74) is 0.851. The van der Waals surface area contributed by atoms with Crippen LogP contribution in [0, 0.1) is 12.7 Å². The van der Waals surface area contributed by atoms with Gasteiger partial charge in [0, 0.05) is 6.07 Å². The molecule has 0 atom stereocenters. The van der Waals surface area contributed by atoms with Crippen molar-refractivity contribution in [3.05, 3.63) is 70.1 Å². The molecule has 1 N–H and O–H groups in total. The van der Waals surface area contributed by atoms with E-state index in [9.17, 15) is 9.18 Å². The Labute approximate surface area is 159 Å². The summed E-state index contributed by atoms with van der Waals surface area (Å²) in [6.45, 7) is 1.43. The van der Waals surface area contributed by atoms with E-state index >= 15 is 0 Å². The number of halogens is 3. The lowest BCUT2D eigenvalue weighted by atomic mass is 10.3. The Kier molecular flexibility index (Phi) is 5.44. The number of aryl methyl sites for hydroxylation is 1.